The summed E-state index contributed by atoms with van der Waals surface area (Å²) >= 11 is 0. The fourth-order valence-corrected chi connectivity index (χ4v) is 2.33. The van der Waals surface area contributed by atoms with Gasteiger partial charge in [0.15, 0.2) is 0 Å². The molecule has 0 amide bonds. The standard InChI is InChI=1S/C17H20F3NO2/c1-13-6-7-16(23-13)12-21(8-9-22-2)11-14-4-3-5-15(10-14)17(18,19)20/h3-7,10H,8-9,11-12H2,1-2H3. The fraction of sp³-hybridized carbons (Fsp3) is 0.412. The molecule has 126 valence electrons. The van der Waals surface area contributed by atoms with E-state index in [9.17, 15) is 13.2 Å². The minimum atomic E-state index is -4.33. The second-order valence-corrected chi connectivity index (χ2v) is 5.41. The number of rotatable bonds is 7. The Balaban J connectivity index is 2.10. The zero-order valence-electron chi connectivity index (χ0n) is 13.2. The van der Waals surface area contributed by atoms with Crippen LogP contribution in [0.5, 0.6) is 0 Å². The number of ether oxygens (including phenoxy) is 1. The third kappa shape index (κ3) is 5.41. The van der Waals surface area contributed by atoms with Crippen molar-refractivity contribution in [3.05, 3.63) is 59.0 Å². The molecule has 3 nitrogen and oxygen atoms in total. The lowest BCUT2D eigenvalue weighted by molar-refractivity contribution is -0.137. The number of halogens is 3. The highest BCUT2D eigenvalue weighted by atomic mass is 19.4. The van der Waals surface area contributed by atoms with Crippen LogP contribution in [0.25, 0.3) is 0 Å². The first-order valence-corrected chi connectivity index (χ1v) is 7.31. The number of furan rings is 1. The summed E-state index contributed by atoms with van der Waals surface area (Å²) in [5, 5.41) is 0. The van der Waals surface area contributed by atoms with Gasteiger partial charge in [0, 0.05) is 20.2 Å². The van der Waals surface area contributed by atoms with Crippen molar-refractivity contribution in [2.45, 2.75) is 26.2 Å². The molecule has 0 aliphatic heterocycles. The predicted octanol–water partition coefficient (Wildman–Crippen LogP) is 4.26. The first-order chi connectivity index (χ1) is 10.9. The Morgan fingerprint density at radius 2 is 1.91 bits per heavy atom. The van der Waals surface area contributed by atoms with Gasteiger partial charge in [-0.05, 0) is 30.7 Å². The van der Waals surface area contributed by atoms with Crippen molar-refractivity contribution in [2.24, 2.45) is 0 Å². The molecule has 1 aromatic carbocycles. The summed E-state index contributed by atoms with van der Waals surface area (Å²) in [6.45, 7) is 3.88. The highest BCUT2D eigenvalue weighted by Crippen LogP contribution is 2.29. The first kappa shape index (κ1) is 17.6. The van der Waals surface area contributed by atoms with Crippen molar-refractivity contribution in [1.29, 1.82) is 0 Å². The minimum Gasteiger partial charge on any atom is -0.465 e. The van der Waals surface area contributed by atoms with Crippen molar-refractivity contribution in [3.8, 4) is 0 Å². The molecule has 0 bridgehead atoms. The molecule has 0 radical (unpaired) electrons. The summed E-state index contributed by atoms with van der Waals surface area (Å²) in [5.74, 6) is 1.59. The number of benzene rings is 1. The maximum Gasteiger partial charge on any atom is 0.416 e. The van der Waals surface area contributed by atoms with Gasteiger partial charge in [0.05, 0.1) is 18.7 Å². The molecule has 0 unspecified atom stereocenters. The number of hydrogen-bond acceptors (Lipinski definition) is 3. The van der Waals surface area contributed by atoms with Crippen LogP contribution in [0.4, 0.5) is 13.2 Å². The maximum atomic E-state index is 12.8. The van der Waals surface area contributed by atoms with E-state index < -0.39 is 11.7 Å². The van der Waals surface area contributed by atoms with E-state index in [1.165, 1.54) is 12.1 Å². The SMILES string of the molecule is COCCN(Cc1cccc(C(F)(F)F)c1)Cc1ccc(C)o1. The third-order valence-corrected chi connectivity index (χ3v) is 3.45. The van der Waals surface area contributed by atoms with Gasteiger partial charge in [-0.1, -0.05) is 18.2 Å². The van der Waals surface area contributed by atoms with Crippen LogP contribution in [0.15, 0.2) is 40.8 Å². The zero-order valence-corrected chi connectivity index (χ0v) is 13.2. The molecule has 0 N–H and O–H groups in total. The zero-order chi connectivity index (χ0) is 16.9. The second kappa shape index (κ2) is 7.66. The van der Waals surface area contributed by atoms with Crippen molar-refractivity contribution in [1.82, 2.24) is 4.90 Å². The van der Waals surface area contributed by atoms with E-state index in [0.29, 0.717) is 31.8 Å². The van der Waals surface area contributed by atoms with Crippen LogP contribution in [-0.4, -0.2) is 25.2 Å². The van der Waals surface area contributed by atoms with Crippen LogP contribution in [0.1, 0.15) is 22.6 Å². The summed E-state index contributed by atoms with van der Waals surface area (Å²) in [6.07, 6.45) is -4.33. The average molecular weight is 327 g/mol. The Morgan fingerprint density at radius 3 is 2.52 bits per heavy atom. The Hall–Kier alpha value is -1.79. The monoisotopic (exact) mass is 327 g/mol. The topological polar surface area (TPSA) is 25.6 Å². The van der Waals surface area contributed by atoms with E-state index >= 15 is 0 Å². The Morgan fingerprint density at radius 1 is 1.13 bits per heavy atom. The molecule has 0 atom stereocenters. The van der Waals surface area contributed by atoms with Gasteiger partial charge in [-0.15, -0.1) is 0 Å². The molecule has 0 fully saturated rings. The molecule has 0 aliphatic rings. The number of alkyl halides is 3. The Bertz CT molecular complexity index is 622. The largest absolute Gasteiger partial charge is 0.465 e. The minimum absolute atomic E-state index is 0.396. The lowest BCUT2D eigenvalue weighted by atomic mass is 10.1. The van der Waals surface area contributed by atoms with Gasteiger partial charge in [-0.2, -0.15) is 13.2 Å². The van der Waals surface area contributed by atoms with Gasteiger partial charge in [0.1, 0.15) is 11.5 Å². The van der Waals surface area contributed by atoms with E-state index in [2.05, 4.69) is 0 Å². The highest BCUT2D eigenvalue weighted by Gasteiger charge is 2.30. The van der Waals surface area contributed by atoms with Crippen molar-refractivity contribution in [3.63, 3.8) is 0 Å². The predicted molar refractivity (Wildman–Crippen MR) is 80.9 cm³/mol. The highest BCUT2D eigenvalue weighted by molar-refractivity contribution is 5.25. The van der Waals surface area contributed by atoms with Gasteiger partial charge in [-0.3, -0.25) is 4.90 Å². The maximum absolute atomic E-state index is 12.8. The summed E-state index contributed by atoms with van der Waals surface area (Å²) in [5.41, 5.74) is -0.0188. The smallest absolute Gasteiger partial charge is 0.416 e. The Labute approximate surface area is 133 Å². The quantitative estimate of drug-likeness (QED) is 0.760. The molecule has 2 aromatic rings. The van der Waals surface area contributed by atoms with Crippen molar-refractivity contribution < 1.29 is 22.3 Å². The summed E-state index contributed by atoms with van der Waals surface area (Å²) in [6, 6.07) is 9.15. The summed E-state index contributed by atoms with van der Waals surface area (Å²) in [4.78, 5) is 2.00. The van der Waals surface area contributed by atoms with Crippen molar-refractivity contribution in [2.75, 3.05) is 20.3 Å². The Kier molecular flexibility index (Phi) is 5.85. The van der Waals surface area contributed by atoms with Crippen LogP contribution in [-0.2, 0) is 24.0 Å². The molecule has 0 spiro atoms. The number of nitrogens with zero attached hydrogens (tertiary/aromatic N) is 1. The van der Waals surface area contributed by atoms with Crippen LogP contribution in [0.2, 0.25) is 0 Å². The summed E-state index contributed by atoms with van der Waals surface area (Å²) in [7, 11) is 1.60. The van der Waals surface area contributed by atoms with E-state index in [1.54, 1.807) is 13.2 Å². The molecule has 6 heteroatoms. The van der Waals surface area contributed by atoms with Gasteiger partial charge in [0.2, 0.25) is 0 Å². The average Bonchev–Trinajstić information content (AvgIpc) is 2.89. The normalized spacial score (nSPS) is 12.1. The number of hydrogen-bond donors (Lipinski definition) is 0. The van der Waals surface area contributed by atoms with Crippen LogP contribution < -0.4 is 0 Å². The van der Waals surface area contributed by atoms with Gasteiger partial charge in [0.25, 0.3) is 0 Å². The first-order valence-electron chi connectivity index (χ1n) is 7.31. The van der Waals surface area contributed by atoms with Gasteiger partial charge < -0.3 is 9.15 Å². The van der Waals surface area contributed by atoms with Gasteiger partial charge >= 0.3 is 6.18 Å². The van der Waals surface area contributed by atoms with E-state index in [1.807, 2.05) is 24.0 Å². The summed E-state index contributed by atoms with van der Waals surface area (Å²) < 4.78 is 49.1. The lowest BCUT2D eigenvalue weighted by Crippen LogP contribution is -2.26. The van der Waals surface area contributed by atoms with E-state index in [4.69, 9.17) is 9.15 Å². The van der Waals surface area contributed by atoms with Crippen LogP contribution >= 0.6 is 0 Å². The molecule has 0 aliphatic carbocycles. The second-order valence-electron chi connectivity index (χ2n) is 5.41. The van der Waals surface area contributed by atoms with E-state index in [0.717, 1.165) is 17.6 Å². The molecule has 0 saturated carbocycles. The molecule has 2 rings (SSSR count). The number of aryl methyl sites for hydroxylation is 1. The molecular weight excluding hydrogens is 307 g/mol. The molecule has 0 saturated heterocycles. The molecule has 1 heterocycles. The fourth-order valence-electron chi connectivity index (χ4n) is 2.33. The van der Waals surface area contributed by atoms with Crippen LogP contribution in [0.3, 0.4) is 0 Å². The molecular formula is C17H20F3NO2. The molecule has 23 heavy (non-hydrogen) atoms. The molecule has 1 aromatic heterocycles. The van der Waals surface area contributed by atoms with Gasteiger partial charge in [-0.25, -0.2) is 0 Å². The van der Waals surface area contributed by atoms with E-state index in [-0.39, 0.29) is 0 Å². The third-order valence-electron chi connectivity index (χ3n) is 3.45. The van der Waals surface area contributed by atoms with Crippen LogP contribution in [0, 0.1) is 6.92 Å². The number of methoxy groups -OCH3 is 1. The van der Waals surface area contributed by atoms with Crippen molar-refractivity contribution >= 4 is 0 Å². The lowest BCUT2D eigenvalue weighted by Gasteiger charge is -2.21.